The second kappa shape index (κ2) is 7.81. The van der Waals surface area contributed by atoms with Crippen LogP contribution in [0.5, 0.6) is 0 Å². The Morgan fingerprint density at radius 2 is 1.88 bits per heavy atom. The Kier molecular flexibility index (Phi) is 5.53. The van der Waals surface area contributed by atoms with E-state index in [1.54, 1.807) is 0 Å². The summed E-state index contributed by atoms with van der Waals surface area (Å²) in [6, 6.07) is 2.55. The summed E-state index contributed by atoms with van der Waals surface area (Å²) in [5.74, 6) is 1.97. The molecular formula is C18H29N5O. The standard InChI is InChI=1S/C18H29N5O/c1-3-17(24)23-11-9-22(10-12-23)16-13-14(2)19-18(21-16)20-15-7-5-4-6-8-15/h13,15H,3-12H2,1-2H3,(H,19,20,21). The van der Waals surface area contributed by atoms with Crippen LogP contribution in [0, 0.1) is 6.92 Å². The second-order valence-electron chi connectivity index (χ2n) is 6.89. The van der Waals surface area contributed by atoms with Gasteiger partial charge in [0.2, 0.25) is 11.9 Å². The highest BCUT2D eigenvalue weighted by Crippen LogP contribution is 2.22. The normalized spacial score (nSPS) is 19.4. The van der Waals surface area contributed by atoms with Crippen LogP contribution in [-0.4, -0.2) is 53.0 Å². The second-order valence-corrected chi connectivity index (χ2v) is 6.89. The molecule has 1 aliphatic heterocycles. The minimum Gasteiger partial charge on any atom is -0.353 e. The molecule has 2 aliphatic rings. The largest absolute Gasteiger partial charge is 0.353 e. The van der Waals surface area contributed by atoms with Gasteiger partial charge in [0.25, 0.3) is 0 Å². The summed E-state index contributed by atoms with van der Waals surface area (Å²) in [7, 11) is 0. The average Bonchev–Trinajstić information content (AvgIpc) is 2.61. The molecular weight excluding hydrogens is 302 g/mol. The van der Waals surface area contributed by atoms with Crippen LogP contribution in [0.1, 0.15) is 51.1 Å². The number of rotatable bonds is 4. The molecule has 1 N–H and O–H groups in total. The third kappa shape index (κ3) is 4.16. The zero-order valence-electron chi connectivity index (χ0n) is 14.9. The molecule has 2 fully saturated rings. The van der Waals surface area contributed by atoms with Gasteiger partial charge in [0, 0.05) is 50.4 Å². The van der Waals surface area contributed by atoms with Gasteiger partial charge in [-0.15, -0.1) is 0 Å². The summed E-state index contributed by atoms with van der Waals surface area (Å²) in [4.78, 5) is 25.3. The summed E-state index contributed by atoms with van der Waals surface area (Å²) in [5.41, 5.74) is 0.991. The van der Waals surface area contributed by atoms with Crippen molar-refractivity contribution in [3.63, 3.8) is 0 Å². The number of anilines is 2. The maximum atomic E-state index is 11.8. The van der Waals surface area contributed by atoms with E-state index in [2.05, 4.69) is 15.2 Å². The van der Waals surface area contributed by atoms with Crippen molar-refractivity contribution in [3.8, 4) is 0 Å². The predicted octanol–water partition coefficient (Wildman–Crippen LogP) is 2.59. The first-order chi connectivity index (χ1) is 11.7. The van der Waals surface area contributed by atoms with Gasteiger partial charge in [-0.2, -0.15) is 4.98 Å². The van der Waals surface area contributed by atoms with Crippen LogP contribution in [0.15, 0.2) is 6.07 Å². The van der Waals surface area contributed by atoms with E-state index in [0.29, 0.717) is 12.5 Å². The van der Waals surface area contributed by atoms with Gasteiger partial charge < -0.3 is 15.1 Å². The van der Waals surface area contributed by atoms with Crippen molar-refractivity contribution in [2.75, 3.05) is 36.4 Å². The number of amides is 1. The smallest absolute Gasteiger partial charge is 0.225 e. The Hall–Kier alpha value is -1.85. The molecule has 132 valence electrons. The van der Waals surface area contributed by atoms with E-state index in [-0.39, 0.29) is 5.91 Å². The van der Waals surface area contributed by atoms with Gasteiger partial charge >= 0.3 is 0 Å². The third-order valence-electron chi connectivity index (χ3n) is 5.04. The van der Waals surface area contributed by atoms with Gasteiger partial charge in [0.1, 0.15) is 5.82 Å². The fraction of sp³-hybridized carbons (Fsp3) is 0.722. The number of nitrogens with one attached hydrogen (secondary N) is 1. The van der Waals surface area contributed by atoms with Gasteiger partial charge in [-0.3, -0.25) is 4.79 Å². The van der Waals surface area contributed by atoms with Crippen molar-refractivity contribution < 1.29 is 4.79 Å². The van der Waals surface area contributed by atoms with E-state index in [1.165, 1.54) is 32.1 Å². The van der Waals surface area contributed by atoms with E-state index < -0.39 is 0 Å². The number of nitrogens with zero attached hydrogens (tertiary/aromatic N) is 4. The van der Waals surface area contributed by atoms with Crippen molar-refractivity contribution in [1.29, 1.82) is 0 Å². The zero-order valence-corrected chi connectivity index (χ0v) is 14.9. The molecule has 1 amide bonds. The molecule has 0 unspecified atom stereocenters. The van der Waals surface area contributed by atoms with E-state index >= 15 is 0 Å². The Morgan fingerprint density at radius 1 is 1.17 bits per heavy atom. The lowest BCUT2D eigenvalue weighted by atomic mass is 9.96. The van der Waals surface area contributed by atoms with Crippen LogP contribution >= 0.6 is 0 Å². The first kappa shape index (κ1) is 17.0. The Morgan fingerprint density at radius 3 is 2.54 bits per heavy atom. The molecule has 1 aliphatic carbocycles. The molecule has 24 heavy (non-hydrogen) atoms. The van der Waals surface area contributed by atoms with Gasteiger partial charge in [-0.25, -0.2) is 4.98 Å². The highest BCUT2D eigenvalue weighted by molar-refractivity contribution is 5.76. The molecule has 1 aromatic heterocycles. The van der Waals surface area contributed by atoms with Crippen molar-refractivity contribution in [3.05, 3.63) is 11.8 Å². The third-order valence-corrected chi connectivity index (χ3v) is 5.04. The van der Waals surface area contributed by atoms with Gasteiger partial charge in [0.15, 0.2) is 0 Å². The lowest BCUT2D eigenvalue weighted by Crippen LogP contribution is -2.49. The van der Waals surface area contributed by atoms with E-state index in [4.69, 9.17) is 4.98 Å². The fourth-order valence-corrected chi connectivity index (χ4v) is 3.62. The van der Waals surface area contributed by atoms with E-state index in [9.17, 15) is 4.79 Å². The molecule has 0 spiro atoms. The molecule has 0 bridgehead atoms. The van der Waals surface area contributed by atoms with Crippen LogP contribution < -0.4 is 10.2 Å². The van der Waals surface area contributed by atoms with Gasteiger partial charge in [0.05, 0.1) is 0 Å². The van der Waals surface area contributed by atoms with Crippen molar-refractivity contribution in [2.45, 2.75) is 58.4 Å². The molecule has 6 nitrogen and oxygen atoms in total. The predicted molar refractivity (Wildman–Crippen MR) is 96.3 cm³/mol. The zero-order chi connectivity index (χ0) is 16.9. The molecule has 0 aromatic carbocycles. The van der Waals surface area contributed by atoms with Crippen molar-refractivity contribution in [2.24, 2.45) is 0 Å². The van der Waals surface area contributed by atoms with Crippen LogP contribution in [0.2, 0.25) is 0 Å². The lowest BCUT2D eigenvalue weighted by molar-refractivity contribution is -0.131. The monoisotopic (exact) mass is 331 g/mol. The highest BCUT2D eigenvalue weighted by atomic mass is 16.2. The summed E-state index contributed by atoms with van der Waals surface area (Å²) >= 11 is 0. The fourth-order valence-electron chi connectivity index (χ4n) is 3.62. The Balaban J connectivity index is 1.64. The minimum absolute atomic E-state index is 0.244. The number of aryl methyl sites for hydroxylation is 1. The number of carbonyl (C=O) groups excluding carboxylic acids is 1. The molecule has 0 radical (unpaired) electrons. The van der Waals surface area contributed by atoms with Crippen LogP contribution in [0.3, 0.4) is 0 Å². The minimum atomic E-state index is 0.244. The summed E-state index contributed by atoms with van der Waals surface area (Å²) in [6.07, 6.45) is 6.95. The van der Waals surface area contributed by atoms with Crippen LogP contribution in [-0.2, 0) is 4.79 Å². The molecule has 1 saturated heterocycles. The first-order valence-electron chi connectivity index (χ1n) is 9.30. The number of aromatic nitrogens is 2. The van der Waals surface area contributed by atoms with Gasteiger partial charge in [-0.05, 0) is 19.8 Å². The average molecular weight is 331 g/mol. The molecule has 0 atom stereocenters. The number of hydrogen-bond donors (Lipinski definition) is 1. The van der Waals surface area contributed by atoms with Crippen molar-refractivity contribution in [1.82, 2.24) is 14.9 Å². The summed E-state index contributed by atoms with van der Waals surface area (Å²) in [6.45, 7) is 7.18. The molecule has 1 aromatic rings. The first-order valence-corrected chi connectivity index (χ1v) is 9.30. The molecule has 3 rings (SSSR count). The molecule has 1 saturated carbocycles. The van der Waals surface area contributed by atoms with Crippen LogP contribution in [0.4, 0.5) is 11.8 Å². The van der Waals surface area contributed by atoms with E-state index in [1.807, 2.05) is 24.8 Å². The lowest BCUT2D eigenvalue weighted by Gasteiger charge is -2.35. The SMILES string of the molecule is CCC(=O)N1CCN(c2cc(C)nc(NC3CCCCC3)n2)CC1. The Labute approximate surface area is 144 Å². The molecule has 2 heterocycles. The highest BCUT2D eigenvalue weighted by Gasteiger charge is 2.22. The van der Waals surface area contributed by atoms with Crippen molar-refractivity contribution >= 4 is 17.7 Å². The number of carbonyl (C=O) groups is 1. The summed E-state index contributed by atoms with van der Waals surface area (Å²) < 4.78 is 0. The van der Waals surface area contributed by atoms with Crippen LogP contribution in [0.25, 0.3) is 0 Å². The molecule has 6 heteroatoms. The maximum absolute atomic E-state index is 11.8. The number of piperazine rings is 1. The topological polar surface area (TPSA) is 61.4 Å². The maximum Gasteiger partial charge on any atom is 0.225 e. The Bertz CT molecular complexity index is 563. The quantitative estimate of drug-likeness (QED) is 0.919. The summed E-state index contributed by atoms with van der Waals surface area (Å²) in [5, 5.41) is 3.52. The number of hydrogen-bond acceptors (Lipinski definition) is 5. The van der Waals surface area contributed by atoms with Gasteiger partial charge in [-0.1, -0.05) is 26.2 Å². The van der Waals surface area contributed by atoms with E-state index in [0.717, 1.165) is 43.6 Å².